The first-order chi connectivity index (χ1) is 12.1. The summed E-state index contributed by atoms with van der Waals surface area (Å²) in [6.45, 7) is 1.96. The number of aromatic hydroxyl groups is 2. The maximum atomic E-state index is 10.1. The molecule has 4 N–H and O–H groups in total. The Labute approximate surface area is 144 Å². The number of nitrogens with one attached hydrogen (secondary N) is 2. The van der Waals surface area contributed by atoms with Crippen LogP contribution in [0.15, 0.2) is 24.4 Å². The number of fused-ring (bicyclic) bond motifs is 1. The van der Waals surface area contributed by atoms with Gasteiger partial charge in [-0.15, -0.1) is 0 Å². The molecule has 128 valence electrons. The Balaban J connectivity index is 1.98. The molecule has 0 spiro atoms. The monoisotopic (exact) mass is 337 g/mol. The summed E-state index contributed by atoms with van der Waals surface area (Å²) in [7, 11) is 1.46. The summed E-state index contributed by atoms with van der Waals surface area (Å²) in [5, 5.41) is 20.0. The lowest BCUT2D eigenvalue weighted by molar-refractivity contribution is 0.351. The van der Waals surface area contributed by atoms with Gasteiger partial charge in [-0.1, -0.05) is 12.2 Å². The highest BCUT2D eigenvalue weighted by atomic mass is 16.5. The summed E-state index contributed by atoms with van der Waals surface area (Å²) < 4.78 is 5.18. The number of allylic oxidation sites excluding steroid dienone is 1. The highest BCUT2D eigenvalue weighted by molar-refractivity contribution is 5.88. The van der Waals surface area contributed by atoms with Crippen molar-refractivity contribution in [3.63, 3.8) is 0 Å². The van der Waals surface area contributed by atoms with Crippen LogP contribution in [0.4, 0.5) is 0 Å². The van der Waals surface area contributed by atoms with Gasteiger partial charge in [0, 0.05) is 28.7 Å². The van der Waals surface area contributed by atoms with E-state index in [-0.39, 0.29) is 17.2 Å². The Bertz CT molecular complexity index is 982. The molecule has 1 aliphatic carbocycles. The van der Waals surface area contributed by atoms with Crippen molar-refractivity contribution in [2.75, 3.05) is 7.11 Å². The number of nitrogens with zero attached hydrogens (tertiary/aromatic N) is 1. The standard InChI is InChI=1S/C19H19N3O3/c1-10-9-20-19(21-10)16-12-5-3-4-6-13(12)22-17(16)11-7-14(23)18(24)15(8-11)25-2/h3,5,7-9,22-24H,4,6H2,1-2H3,(H,20,21). The fourth-order valence-corrected chi connectivity index (χ4v) is 3.27. The van der Waals surface area contributed by atoms with Crippen LogP contribution in [0.25, 0.3) is 28.7 Å². The Kier molecular flexibility index (Phi) is 3.53. The van der Waals surface area contributed by atoms with Crippen molar-refractivity contribution < 1.29 is 14.9 Å². The van der Waals surface area contributed by atoms with Crippen molar-refractivity contribution >= 4 is 6.08 Å². The summed E-state index contributed by atoms with van der Waals surface area (Å²) in [5.74, 6) is 0.500. The Hall–Kier alpha value is -3.15. The zero-order valence-electron chi connectivity index (χ0n) is 14.1. The van der Waals surface area contributed by atoms with Crippen molar-refractivity contribution in [3.05, 3.63) is 41.4 Å². The molecule has 2 aromatic heterocycles. The van der Waals surface area contributed by atoms with Gasteiger partial charge >= 0.3 is 0 Å². The normalized spacial score (nSPS) is 13.0. The molecule has 0 radical (unpaired) electrons. The second-order valence-corrected chi connectivity index (χ2v) is 6.17. The Morgan fingerprint density at radius 2 is 2.04 bits per heavy atom. The van der Waals surface area contributed by atoms with Crippen molar-refractivity contribution in [3.8, 4) is 39.9 Å². The van der Waals surface area contributed by atoms with E-state index in [4.69, 9.17) is 4.74 Å². The number of aromatic nitrogens is 3. The summed E-state index contributed by atoms with van der Waals surface area (Å²) in [6, 6.07) is 3.23. The molecule has 0 saturated carbocycles. The number of aryl methyl sites for hydroxylation is 2. The van der Waals surface area contributed by atoms with E-state index in [0.29, 0.717) is 0 Å². The maximum Gasteiger partial charge on any atom is 0.200 e. The number of hydrogen-bond acceptors (Lipinski definition) is 4. The third-order valence-corrected chi connectivity index (χ3v) is 4.47. The van der Waals surface area contributed by atoms with E-state index in [9.17, 15) is 10.2 Å². The van der Waals surface area contributed by atoms with Crippen LogP contribution in [-0.4, -0.2) is 32.3 Å². The van der Waals surface area contributed by atoms with Gasteiger partial charge in [0.05, 0.1) is 18.4 Å². The Morgan fingerprint density at radius 3 is 2.76 bits per heavy atom. The molecule has 1 aliphatic rings. The number of phenols is 2. The molecular formula is C19H19N3O3. The number of benzene rings is 1. The number of ether oxygens (including phenoxy) is 1. The molecule has 0 atom stereocenters. The fraction of sp³-hybridized carbons (Fsp3) is 0.211. The third-order valence-electron chi connectivity index (χ3n) is 4.47. The summed E-state index contributed by atoms with van der Waals surface area (Å²) in [4.78, 5) is 11.2. The molecule has 0 saturated heterocycles. The highest BCUT2D eigenvalue weighted by Crippen LogP contribution is 2.43. The molecule has 0 unspecified atom stereocenters. The van der Waals surface area contributed by atoms with Gasteiger partial charge in [-0.05, 0) is 31.9 Å². The molecule has 6 nitrogen and oxygen atoms in total. The van der Waals surface area contributed by atoms with E-state index in [1.807, 2.05) is 6.92 Å². The highest BCUT2D eigenvalue weighted by Gasteiger charge is 2.23. The van der Waals surface area contributed by atoms with Crippen molar-refractivity contribution in [2.45, 2.75) is 19.8 Å². The molecule has 25 heavy (non-hydrogen) atoms. The smallest absolute Gasteiger partial charge is 0.200 e. The average Bonchev–Trinajstić information content (AvgIpc) is 3.20. The van der Waals surface area contributed by atoms with Crippen LogP contribution in [0.3, 0.4) is 0 Å². The average molecular weight is 337 g/mol. The lowest BCUT2D eigenvalue weighted by Gasteiger charge is -2.09. The van der Waals surface area contributed by atoms with Gasteiger partial charge in [0.1, 0.15) is 5.82 Å². The number of phenolic OH excluding ortho intramolecular Hbond substituents is 2. The number of methoxy groups -OCH3 is 1. The van der Waals surface area contributed by atoms with Crippen LogP contribution in [-0.2, 0) is 6.42 Å². The van der Waals surface area contributed by atoms with Gasteiger partial charge in [-0.2, -0.15) is 0 Å². The molecule has 1 aromatic carbocycles. The first kappa shape index (κ1) is 15.4. The van der Waals surface area contributed by atoms with E-state index >= 15 is 0 Å². The molecule has 0 fully saturated rings. The van der Waals surface area contributed by atoms with Gasteiger partial charge in [-0.25, -0.2) is 4.98 Å². The summed E-state index contributed by atoms with van der Waals surface area (Å²) >= 11 is 0. The van der Waals surface area contributed by atoms with E-state index in [0.717, 1.165) is 52.4 Å². The lowest BCUT2D eigenvalue weighted by Crippen LogP contribution is -1.92. The summed E-state index contributed by atoms with van der Waals surface area (Å²) in [5.41, 5.74) is 5.71. The molecular weight excluding hydrogens is 318 g/mol. The first-order valence-corrected chi connectivity index (χ1v) is 8.12. The van der Waals surface area contributed by atoms with Crippen LogP contribution in [0, 0.1) is 6.92 Å². The van der Waals surface area contributed by atoms with E-state index in [2.05, 4.69) is 27.1 Å². The second-order valence-electron chi connectivity index (χ2n) is 6.17. The largest absolute Gasteiger partial charge is 0.504 e. The molecule has 0 bridgehead atoms. The third kappa shape index (κ3) is 2.46. The number of H-pyrrole nitrogens is 2. The molecule has 2 heterocycles. The van der Waals surface area contributed by atoms with Crippen molar-refractivity contribution in [1.29, 1.82) is 0 Å². The topological polar surface area (TPSA) is 94.2 Å². The zero-order valence-corrected chi connectivity index (χ0v) is 14.1. The SMILES string of the molecule is COc1cc(-c2[nH]c3c(c2-c2ncc(C)[nH]2)C=CCC3)cc(O)c1O. The minimum absolute atomic E-state index is 0.222. The van der Waals surface area contributed by atoms with Crippen LogP contribution < -0.4 is 4.74 Å². The predicted octanol–water partition coefficient (Wildman–Crippen LogP) is 3.76. The Morgan fingerprint density at radius 1 is 1.20 bits per heavy atom. The van der Waals surface area contributed by atoms with Crippen molar-refractivity contribution in [1.82, 2.24) is 15.0 Å². The van der Waals surface area contributed by atoms with Crippen LogP contribution in [0.2, 0.25) is 0 Å². The van der Waals surface area contributed by atoms with Gasteiger partial charge in [0.25, 0.3) is 0 Å². The van der Waals surface area contributed by atoms with E-state index in [1.54, 1.807) is 12.3 Å². The van der Waals surface area contributed by atoms with E-state index in [1.165, 1.54) is 13.2 Å². The van der Waals surface area contributed by atoms with Gasteiger partial charge in [0.2, 0.25) is 5.75 Å². The quantitative estimate of drug-likeness (QED) is 0.547. The van der Waals surface area contributed by atoms with Gasteiger partial charge in [-0.3, -0.25) is 0 Å². The van der Waals surface area contributed by atoms with E-state index < -0.39 is 0 Å². The number of aromatic amines is 2. The summed E-state index contributed by atoms with van der Waals surface area (Å²) in [6.07, 6.45) is 7.94. The zero-order chi connectivity index (χ0) is 17.6. The number of imidazole rings is 1. The maximum absolute atomic E-state index is 10.1. The van der Waals surface area contributed by atoms with Gasteiger partial charge in [0.15, 0.2) is 11.5 Å². The number of rotatable bonds is 3. The van der Waals surface area contributed by atoms with Crippen LogP contribution in [0.5, 0.6) is 17.2 Å². The molecule has 3 aromatic rings. The second kappa shape index (κ2) is 5.73. The molecule has 4 rings (SSSR count). The molecule has 6 heteroatoms. The number of hydrogen-bond donors (Lipinski definition) is 4. The molecule has 0 amide bonds. The first-order valence-electron chi connectivity index (χ1n) is 8.12. The fourth-order valence-electron chi connectivity index (χ4n) is 3.27. The lowest BCUT2D eigenvalue weighted by atomic mass is 9.98. The minimum Gasteiger partial charge on any atom is -0.504 e. The van der Waals surface area contributed by atoms with Gasteiger partial charge < -0.3 is 24.9 Å². The van der Waals surface area contributed by atoms with Crippen LogP contribution in [0.1, 0.15) is 23.4 Å². The molecule has 0 aliphatic heterocycles. The van der Waals surface area contributed by atoms with Crippen LogP contribution >= 0.6 is 0 Å². The minimum atomic E-state index is -0.266. The predicted molar refractivity (Wildman–Crippen MR) is 95.8 cm³/mol. The van der Waals surface area contributed by atoms with Crippen molar-refractivity contribution in [2.24, 2.45) is 0 Å².